The predicted molar refractivity (Wildman–Crippen MR) is 163 cm³/mol. The molecule has 2 aliphatic rings. The summed E-state index contributed by atoms with van der Waals surface area (Å²) in [5.41, 5.74) is 3.84. The number of aromatic nitrogens is 6. The SMILES string of the molecule is CC(C)(C(=O)NCC1CC1)n1cc(-c2ccc(-c3cnc(=N)n(C(=N)C4(c5ccc6ncccc6c5)CC4)n3)cc2)cn1. The van der Waals surface area contributed by atoms with E-state index in [1.54, 1.807) is 23.3 Å². The minimum absolute atomic E-state index is 0.0368. The van der Waals surface area contributed by atoms with Gasteiger partial charge in [0.2, 0.25) is 11.5 Å². The third-order valence-corrected chi connectivity index (χ3v) is 8.76. The van der Waals surface area contributed by atoms with Gasteiger partial charge in [-0.1, -0.05) is 36.4 Å². The first-order valence-electron chi connectivity index (χ1n) is 14.6. The number of fused-ring (bicyclic) bond motifs is 1. The number of pyridine rings is 1. The first-order chi connectivity index (χ1) is 20.7. The molecule has 3 heterocycles. The van der Waals surface area contributed by atoms with Gasteiger partial charge in [-0.25, -0.2) is 4.98 Å². The molecule has 0 bridgehead atoms. The molecule has 1 amide bonds. The summed E-state index contributed by atoms with van der Waals surface area (Å²) < 4.78 is 3.06. The number of hydrogen-bond acceptors (Lipinski definition) is 7. The molecule has 10 nitrogen and oxygen atoms in total. The fourth-order valence-corrected chi connectivity index (χ4v) is 5.50. The van der Waals surface area contributed by atoms with E-state index in [1.165, 1.54) is 17.5 Å². The van der Waals surface area contributed by atoms with Crippen LogP contribution in [0.25, 0.3) is 33.3 Å². The van der Waals surface area contributed by atoms with Gasteiger partial charge in [-0.2, -0.15) is 14.9 Å². The van der Waals surface area contributed by atoms with Crippen molar-refractivity contribution in [1.29, 1.82) is 10.8 Å². The summed E-state index contributed by atoms with van der Waals surface area (Å²) in [6.45, 7) is 4.47. The molecule has 0 unspecified atom stereocenters. The summed E-state index contributed by atoms with van der Waals surface area (Å²) in [7, 11) is 0. The van der Waals surface area contributed by atoms with Crippen LogP contribution in [-0.4, -0.2) is 47.8 Å². The third kappa shape index (κ3) is 4.92. The van der Waals surface area contributed by atoms with Crippen LogP contribution in [0.3, 0.4) is 0 Å². The maximum Gasteiger partial charge on any atom is 0.247 e. The Balaban J connectivity index is 1.11. The highest BCUT2D eigenvalue weighted by molar-refractivity contribution is 5.95. The number of rotatable bonds is 8. The van der Waals surface area contributed by atoms with Gasteiger partial charge in [-0.15, -0.1) is 0 Å². The number of carbonyl (C=O) groups excluding carboxylic acids is 1. The van der Waals surface area contributed by atoms with Gasteiger partial charge in [0.15, 0.2) is 0 Å². The minimum atomic E-state index is -0.804. The largest absolute Gasteiger partial charge is 0.354 e. The lowest BCUT2D eigenvalue weighted by molar-refractivity contribution is -0.128. The lowest BCUT2D eigenvalue weighted by atomic mass is 9.93. The number of carbonyl (C=O) groups is 1. The van der Waals surface area contributed by atoms with Crippen molar-refractivity contribution in [3.63, 3.8) is 0 Å². The van der Waals surface area contributed by atoms with Crippen LogP contribution < -0.4 is 10.9 Å². The number of nitrogens with zero attached hydrogens (tertiary/aromatic N) is 6. The predicted octanol–water partition coefficient (Wildman–Crippen LogP) is 4.65. The third-order valence-electron chi connectivity index (χ3n) is 8.76. The second-order valence-electron chi connectivity index (χ2n) is 12.2. The van der Waals surface area contributed by atoms with Crippen molar-refractivity contribution in [3.05, 3.63) is 90.6 Å². The molecule has 0 atom stereocenters. The molecular weight excluding hydrogens is 538 g/mol. The maximum absolute atomic E-state index is 12.8. The maximum atomic E-state index is 12.8. The molecule has 0 spiro atoms. The molecule has 3 N–H and O–H groups in total. The standard InChI is InChI=1S/C33H33N9O/c1-32(2,30(43)37-17-21-5-6-21)41-20-25(18-39-41)22-7-9-23(10-8-22)28-19-38-31(35)42(40-28)29(34)33(13-14-33)26-11-12-27-24(16-26)4-3-15-36-27/h3-4,7-12,15-16,18-21,34-35H,5-6,13-14,17H2,1-2H3,(H,37,43). The smallest absolute Gasteiger partial charge is 0.247 e. The molecule has 2 fully saturated rings. The molecule has 2 aliphatic carbocycles. The Morgan fingerprint density at radius 3 is 2.53 bits per heavy atom. The van der Waals surface area contributed by atoms with Gasteiger partial charge < -0.3 is 5.32 Å². The van der Waals surface area contributed by atoms with Crippen molar-refractivity contribution in [2.24, 2.45) is 5.92 Å². The molecule has 2 saturated carbocycles. The Hall–Kier alpha value is -4.99. The molecule has 10 heteroatoms. The van der Waals surface area contributed by atoms with E-state index in [0.29, 0.717) is 11.6 Å². The van der Waals surface area contributed by atoms with E-state index in [1.807, 2.05) is 68.6 Å². The van der Waals surface area contributed by atoms with E-state index < -0.39 is 11.0 Å². The quantitative estimate of drug-likeness (QED) is 0.184. The Morgan fingerprint density at radius 2 is 1.79 bits per heavy atom. The highest BCUT2D eigenvalue weighted by Crippen LogP contribution is 2.49. The second kappa shape index (κ2) is 10.1. The first kappa shape index (κ1) is 26.9. The zero-order valence-electron chi connectivity index (χ0n) is 24.2. The molecule has 3 aromatic heterocycles. The van der Waals surface area contributed by atoms with Crippen molar-refractivity contribution >= 4 is 22.6 Å². The topological polar surface area (TPSA) is 138 Å². The highest BCUT2D eigenvalue weighted by Gasteiger charge is 2.50. The van der Waals surface area contributed by atoms with Crippen molar-refractivity contribution in [3.8, 4) is 22.4 Å². The van der Waals surface area contributed by atoms with Crippen molar-refractivity contribution < 1.29 is 4.79 Å². The van der Waals surface area contributed by atoms with Crippen LogP contribution in [0.2, 0.25) is 0 Å². The molecular formula is C33H33N9O. The van der Waals surface area contributed by atoms with E-state index in [9.17, 15) is 4.79 Å². The molecule has 0 radical (unpaired) electrons. The Kier molecular flexibility index (Phi) is 6.30. The van der Waals surface area contributed by atoms with E-state index in [4.69, 9.17) is 15.9 Å². The zero-order valence-corrected chi connectivity index (χ0v) is 24.2. The molecule has 0 aliphatic heterocycles. The first-order valence-corrected chi connectivity index (χ1v) is 14.6. The number of benzene rings is 2. The number of amides is 1. The Morgan fingerprint density at radius 1 is 1.02 bits per heavy atom. The van der Waals surface area contributed by atoms with Crippen LogP contribution in [0.15, 0.2) is 79.4 Å². The van der Waals surface area contributed by atoms with Gasteiger partial charge in [0, 0.05) is 35.5 Å². The van der Waals surface area contributed by atoms with Gasteiger partial charge in [0.1, 0.15) is 17.1 Å². The normalized spacial score (nSPS) is 15.8. The van der Waals surface area contributed by atoms with E-state index in [0.717, 1.165) is 52.5 Å². The van der Waals surface area contributed by atoms with Gasteiger partial charge in [0.05, 0.1) is 23.3 Å². The lowest BCUT2D eigenvalue weighted by Crippen LogP contribution is -2.45. The zero-order chi connectivity index (χ0) is 29.8. The molecule has 0 saturated heterocycles. The monoisotopic (exact) mass is 571 g/mol. The molecule has 7 rings (SSSR count). The summed E-state index contributed by atoms with van der Waals surface area (Å²) in [4.78, 5) is 21.5. The van der Waals surface area contributed by atoms with E-state index in [-0.39, 0.29) is 17.4 Å². The van der Waals surface area contributed by atoms with E-state index >= 15 is 0 Å². The summed E-state index contributed by atoms with van der Waals surface area (Å²) >= 11 is 0. The van der Waals surface area contributed by atoms with Gasteiger partial charge in [-0.05, 0) is 74.8 Å². The molecule has 43 heavy (non-hydrogen) atoms. The summed E-state index contributed by atoms with van der Waals surface area (Å²) in [5, 5.41) is 30.8. The number of nitrogens with one attached hydrogen (secondary N) is 3. The summed E-state index contributed by atoms with van der Waals surface area (Å²) in [6, 6.07) is 17.9. The van der Waals surface area contributed by atoms with Crippen LogP contribution >= 0.6 is 0 Å². The Bertz CT molecular complexity index is 1930. The van der Waals surface area contributed by atoms with Crippen LogP contribution in [-0.2, 0) is 15.7 Å². The van der Waals surface area contributed by atoms with Crippen LogP contribution in [0.4, 0.5) is 0 Å². The van der Waals surface area contributed by atoms with Gasteiger partial charge in [0.25, 0.3) is 0 Å². The average Bonchev–Trinajstić information content (AvgIpc) is 3.97. The number of hydrogen-bond donors (Lipinski definition) is 3. The highest BCUT2D eigenvalue weighted by atomic mass is 16.2. The van der Waals surface area contributed by atoms with Crippen molar-refractivity contribution in [2.75, 3.05) is 6.54 Å². The summed E-state index contributed by atoms with van der Waals surface area (Å²) in [5.74, 6) is 0.832. The molecule has 5 aromatic rings. The fraction of sp³-hybridized carbons (Fsp3) is 0.303. The minimum Gasteiger partial charge on any atom is -0.354 e. The van der Waals surface area contributed by atoms with Crippen molar-refractivity contribution in [1.82, 2.24) is 34.8 Å². The van der Waals surface area contributed by atoms with Crippen LogP contribution in [0.1, 0.15) is 45.1 Å². The second-order valence-corrected chi connectivity index (χ2v) is 12.2. The van der Waals surface area contributed by atoms with Gasteiger partial charge in [-0.3, -0.25) is 25.3 Å². The van der Waals surface area contributed by atoms with Crippen molar-refractivity contribution in [2.45, 2.75) is 50.5 Å². The van der Waals surface area contributed by atoms with Crippen LogP contribution in [0.5, 0.6) is 0 Å². The fourth-order valence-electron chi connectivity index (χ4n) is 5.50. The Labute approximate surface area is 248 Å². The average molecular weight is 572 g/mol. The summed E-state index contributed by atoms with van der Waals surface area (Å²) in [6.07, 6.45) is 11.0. The van der Waals surface area contributed by atoms with Crippen LogP contribution in [0, 0.1) is 16.7 Å². The molecule has 2 aromatic carbocycles. The van der Waals surface area contributed by atoms with Gasteiger partial charge >= 0.3 is 0 Å². The lowest BCUT2D eigenvalue weighted by Gasteiger charge is -2.24. The van der Waals surface area contributed by atoms with E-state index in [2.05, 4.69) is 26.4 Å². The molecule has 216 valence electrons.